The van der Waals surface area contributed by atoms with Crippen LogP contribution in [0.5, 0.6) is 0 Å². The molecule has 0 aromatic heterocycles. The van der Waals surface area contributed by atoms with Gasteiger partial charge in [-0.15, -0.1) is 0 Å². The summed E-state index contributed by atoms with van der Waals surface area (Å²) in [6.45, 7) is 1.68. The van der Waals surface area contributed by atoms with E-state index in [1.165, 1.54) is 0 Å². The molecule has 0 radical (unpaired) electrons. The van der Waals surface area contributed by atoms with Gasteiger partial charge in [-0.2, -0.15) is 8.78 Å². The standard InChI is InChI=1S/C19H16ClF3IOP/c1-2-14(13-17(21)19(20,22)23)18(24)26(25,15-9-5-3-6-10-15)16-11-7-4-8-12-16/h3-13H,2H2,1H3/b17-13-,18-14+. The van der Waals surface area contributed by atoms with Gasteiger partial charge < -0.3 is 4.57 Å². The van der Waals surface area contributed by atoms with Crippen molar-refractivity contribution in [3.63, 3.8) is 0 Å². The van der Waals surface area contributed by atoms with E-state index in [4.69, 9.17) is 11.6 Å². The highest BCUT2D eigenvalue weighted by Crippen LogP contribution is 2.57. The van der Waals surface area contributed by atoms with E-state index in [9.17, 15) is 17.7 Å². The topological polar surface area (TPSA) is 17.1 Å². The molecule has 2 aromatic rings. The molecule has 0 aliphatic carbocycles. The lowest BCUT2D eigenvalue weighted by Gasteiger charge is -2.21. The Labute approximate surface area is 169 Å². The van der Waals surface area contributed by atoms with Crippen LogP contribution in [0.15, 0.2) is 81.5 Å². The van der Waals surface area contributed by atoms with Gasteiger partial charge in [-0.1, -0.05) is 67.6 Å². The summed E-state index contributed by atoms with van der Waals surface area (Å²) in [5, 5.41) is -3.00. The summed E-state index contributed by atoms with van der Waals surface area (Å²) in [5.41, 5.74) is 0.222. The minimum Gasteiger partial charge on any atom is -0.308 e. The van der Waals surface area contributed by atoms with Gasteiger partial charge in [-0.05, 0) is 52.3 Å². The van der Waals surface area contributed by atoms with Gasteiger partial charge in [0, 0.05) is 10.6 Å². The average Bonchev–Trinajstić information content (AvgIpc) is 2.65. The van der Waals surface area contributed by atoms with Crippen molar-refractivity contribution in [1.29, 1.82) is 0 Å². The van der Waals surface area contributed by atoms with Crippen LogP contribution in [0.4, 0.5) is 13.2 Å². The second kappa shape index (κ2) is 8.77. The van der Waals surface area contributed by atoms with Crippen molar-refractivity contribution in [3.8, 4) is 0 Å². The third-order valence-corrected chi connectivity index (χ3v) is 9.54. The summed E-state index contributed by atoms with van der Waals surface area (Å²) in [6.07, 6.45) is 0.912. The third-order valence-electron chi connectivity index (χ3n) is 3.73. The molecule has 0 atom stereocenters. The smallest absolute Gasteiger partial charge is 0.308 e. The third kappa shape index (κ3) is 4.62. The van der Waals surface area contributed by atoms with Gasteiger partial charge >= 0.3 is 5.38 Å². The Kier molecular flexibility index (Phi) is 7.17. The Balaban J connectivity index is 2.75. The fraction of sp³-hybridized carbons (Fsp3) is 0.158. The molecule has 0 unspecified atom stereocenters. The highest BCUT2D eigenvalue weighted by atomic mass is 127. The maximum atomic E-state index is 14.1. The molecule has 138 valence electrons. The molecule has 2 rings (SSSR count). The molecule has 7 heteroatoms. The second-order valence-electron chi connectivity index (χ2n) is 5.44. The van der Waals surface area contributed by atoms with Gasteiger partial charge in [0.1, 0.15) is 0 Å². The lowest BCUT2D eigenvalue weighted by molar-refractivity contribution is 0.110. The maximum absolute atomic E-state index is 14.1. The quantitative estimate of drug-likeness (QED) is 0.182. The van der Waals surface area contributed by atoms with E-state index < -0.39 is 18.4 Å². The van der Waals surface area contributed by atoms with E-state index in [1.54, 1.807) is 67.6 Å². The second-order valence-corrected chi connectivity index (χ2v) is 10.5. The summed E-state index contributed by atoms with van der Waals surface area (Å²) < 4.78 is 54.3. The maximum Gasteiger partial charge on any atom is 0.373 e. The van der Waals surface area contributed by atoms with E-state index in [-0.39, 0.29) is 12.0 Å². The summed E-state index contributed by atoms with van der Waals surface area (Å²) in [7, 11) is -3.33. The van der Waals surface area contributed by atoms with Crippen LogP contribution in [0.2, 0.25) is 0 Å². The van der Waals surface area contributed by atoms with Crippen LogP contribution in [0.25, 0.3) is 0 Å². The van der Waals surface area contributed by atoms with Crippen molar-refractivity contribution in [2.45, 2.75) is 18.7 Å². The molecule has 0 fully saturated rings. The van der Waals surface area contributed by atoms with Gasteiger partial charge in [0.15, 0.2) is 13.0 Å². The Morgan fingerprint density at radius 3 is 1.85 bits per heavy atom. The molecule has 0 spiro atoms. The first kappa shape index (κ1) is 21.3. The molecule has 0 amide bonds. The van der Waals surface area contributed by atoms with Crippen LogP contribution in [-0.4, -0.2) is 5.38 Å². The van der Waals surface area contributed by atoms with Gasteiger partial charge in [0.2, 0.25) is 0 Å². The van der Waals surface area contributed by atoms with Gasteiger partial charge in [0.05, 0.1) is 3.32 Å². The first-order chi connectivity index (χ1) is 12.2. The van der Waals surface area contributed by atoms with Crippen LogP contribution in [0, 0.1) is 0 Å². The van der Waals surface area contributed by atoms with Crippen LogP contribution in [-0.2, 0) is 4.57 Å². The highest BCUT2D eigenvalue weighted by molar-refractivity contribution is 14.1. The first-order valence-electron chi connectivity index (χ1n) is 7.76. The van der Waals surface area contributed by atoms with E-state index in [0.717, 1.165) is 0 Å². The van der Waals surface area contributed by atoms with Crippen LogP contribution in [0.3, 0.4) is 0 Å². The number of alkyl halides is 3. The zero-order valence-corrected chi connectivity index (χ0v) is 17.6. The zero-order chi connectivity index (χ0) is 19.4. The van der Waals surface area contributed by atoms with Crippen molar-refractivity contribution in [3.05, 3.63) is 81.5 Å². The Hall–Kier alpha value is -1.04. The summed E-state index contributed by atoms with van der Waals surface area (Å²) in [4.78, 5) is 0. The molecule has 26 heavy (non-hydrogen) atoms. The number of halogens is 5. The first-order valence-corrected chi connectivity index (χ1v) is 10.9. The van der Waals surface area contributed by atoms with Crippen molar-refractivity contribution in [2.24, 2.45) is 0 Å². The predicted molar refractivity (Wildman–Crippen MR) is 111 cm³/mol. The van der Waals surface area contributed by atoms with E-state index in [0.29, 0.717) is 20.0 Å². The molecular formula is C19H16ClF3IOP. The number of rotatable bonds is 6. The monoisotopic (exact) mass is 510 g/mol. The van der Waals surface area contributed by atoms with Crippen LogP contribution >= 0.6 is 41.3 Å². The fourth-order valence-corrected chi connectivity index (χ4v) is 7.22. The molecule has 2 aromatic carbocycles. The number of hydrogen-bond donors (Lipinski definition) is 0. The summed E-state index contributed by atoms with van der Waals surface area (Å²) >= 11 is 6.64. The van der Waals surface area contributed by atoms with Crippen LogP contribution in [0.1, 0.15) is 13.3 Å². The molecular weight excluding hydrogens is 495 g/mol. The summed E-state index contributed by atoms with van der Waals surface area (Å²) in [5.74, 6) is -1.77. The Bertz CT molecular complexity index is 818. The number of allylic oxidation sites excluding steroid dienone is 3. The van der Waals surface area contributed by atoms with Crippen LogP contribution < -0.4 is 10.6 Å². The number of benzene rings is 2. The van der Waals surface area contributed by atoms with E-state index in [2.05, 4.69) is 0 Å². The minimum atomic E-state index is -4.10. The van der Waals surface area contributed by atoms with Crippen molar-refractivity contribution in [1.82, 2.24) is 0 Å². The molecule has 0 bridgehead atoms. The molecule has 0 aliphatic heterocycles. The van der Waals surface area contributed by atoms with Gasteiger partial charge in [-0.3, -0.25) is 0 Å². The largest absolute Gasteiger partial charge is 0.373 e. The lowest BCUT2D eigenvalue weighted by atomic mass is 10.2. The molecule has 0 heterocycles. The normalized spacial score (nSPS) is 14.2. The zero-order valence-electron chi connectivity index (χ0n) is 13.8. The molecule has 0 N–H and O–H groups in total. The van der Waals surface area contributed by atoms with E-state index >= 15 is 0 Å². The number of hydrogen-bond acceptors (Lipinski definition) is 1. The Morgan fingerprint density at radius 1 is 1.08 bits per heavy atom. The fourth-order valence-electron chi connectivity index (χ4n) is 2.40. The molecule has 0 saturated carbocycles. The minimum absolute atomic E-state index is 0.222. The molecule has 1 nitrogen and oxygen atoms in total. The van der Waals surface area contributed by atoms with E-state index in [1.807, 2.05) is 22.6 Å². The van der Waals surface area contributed by atoms with Crippen molar-refractivity contribution in [2.75, 3.05) is 0 Å². The SMILES string of the molecule is CCC(/C=C(\F)C(F)(F)Cl)=C(/I)P(=O)(c1ccccc1)c1ccccc1. The molecule has 0 aliphatic rings. The van der Waals surface area contributed by atoms with Gasteiger partial charge in [0.25, 0.3) is 0 Å². The van der Waals surface area contributed by atoms with Gasteiger partial charge in [-0.25, -0.2) is 4.39 Å². The average molecular weight is 511 g/mol. The molecule has 0 saturated heterocycles. The lowest BCUT2D eigenvalue weighted by Crippen LogP contribution is -2.16. The summed E-state index contributed by atoms with van der Waals surface area (Å²) in [6, 6.07) is 17.5. The van der Waals surface area contributed by atoms with Crippen molar-refractivity contribution >= 4 is 51.9 Å². The Morgan fingerprint density at radius 2 is 1.50 bits per heavy atom. The predicted octanol–water partition coefficient (Wildman–Crippen LogP) is 6.74. The van der Waals surface area contributed by atoms with Crippen molar-refractivity contribution < 1.29 is 17.7 Å². The highest BCUT2D eigenvalue weighted by Gasteiger charge is 2.35.